The molecule has 2 fully saturated rings. The highest BCUT2D eigenvalue weighted by Crippen LogP contribution is 2.45. The van der Waals surface area contributed by atoms with Crippen molar-refractivity contribution in [2.45, 2.75) is 58.6 Å². The molecule has 0 saturated heterocycles. The lowest BCUT2D eigenvalue weighted by atomic mass is 10.1. The first kappa shape index (κ1) is 14.4. The summed E-state index contributed by atoms with van der Waals surface area (Å²) < 4.78 is 5.63. The molecule has 1 aromatic heterocycles. The third-order valence-corrected chi connectivity index (χ3v) is 3.85. The summed E-state index contributed by atoms with van der Waals surface area (Å²) in [6, 6.07) is 0.914. The number of rotatable bonds is 8. The van der Waals surface area contributed by atoms with Crippen LogP contribution in [-0.2, 0) is 0 Å². The first-order valence-electron chi connectivity index (χ1n) is 8.09. The molecule has 0 unspecified atom stereocenters. The molecule has 1 aromatic rings. The maximum absolute atomic E-state index is 5.63. The number of ether oxygens (including phenoxy) is 1. The highest BCUT2D eigenvalue weighted by molar-refractivity contribution is 5.37. The molecule has 6 heteroatoms. The monoisotopic (exact) mass is 291 g/mol. The summed E-state index contributed by atoms with van der Waals surface area (Å²) in [5, 5.41) is 6.68. The summed E-state index contributed by atoms with van der Waals surface area (Å²) in [7, 11) is 0. The molecule has 0 aromatic carbocycles. The van der Waals surface area contributed by atoms with E-state index < -0.39 is 0 Å². The number of hydrogen-bond acceptors (Lipinski definition) is 6. The van der Waals surface area contributed by atoms with E-state index in [2.05, 4.69) is 25.6 Å². The van der Waals surface area contributed by atoms with Gasteiger partial charge in [0.05, 0.1) is 6.10 Å². The zero-order chi connectivity index (χ0) is 14.8. The highest BCUT2D eigenvalue weighted by atomic mass is 16.5. The fourth-order valence-corrected chi connectivity index (χ4v) is 2.60. The van der Waals surface area contributed by atoms with Crippen molar-refractivity contribution in [3.63, 3.8) is 0 Å². The summed E-state index contributed by atoms with van der Waals surface area (Å²) in [4.78, 5) is 13.2. The van der Waals surface area contributed by atoms with E-state index in [9.17, 15) is 0 Å². The van der Waals surface area contributed by atoms with Gasteiger partial charge in [0.2, 0.25) is 11.9 Å². The van der Waals surface area contributed by atoms with E-state index in [0.717, 1.165) is 18.4 Å². The Morgan fingerprint density at radius 2 is 1.67 bits per heavy atom. The number of anilines is 2. The van der Waals surface area contributed by atoms with Crippen molar-refractivity contribution in [2.75, 3.05) is 17.2 Å². The number of aromatic nitrogens is 3. The third kappa shape index (κ3) is 3.95. The predicted octanol–water partition coefficient (Wildman–Crippen LogP) is 2.69. The topological polar surface area (TPSA) is 72.0 Å². The van der Waals surface area contributed by atoms with Gasteiger partial charge in [-0.05, 0) is 58.3 Å². The Bertz CT molecular complexity index is 473. The Kier molecular flexibility index (Phi) is 4.12. The molecule has 2 aliphatic carbocycles. The van der Waals surface area contributed by atoms with E-state index in [0.29, 0.717) is 23.9 Å². The molecular formula is C15H25N5O. The molecule has 3 rings (SSSR count). The van der Waals surface area contributed by atoms with Gasteiger partial charge in [0.25, 0.3) is 0 Å². The first-order chi connectivity index (χ1) is 10.2. The van der Waals surface area contributed by atoms with Crippen LogP contribution in [0.2, 0.25) is 0 Å². The van der Waals surface area contributed by atoms with E-state index in [1.54, 1.807) is 0 Å². The van der Waals surface area contributed by atoms with Gasteiger partial charge >= 0.3 is 6.01 Å². The van der Waals surface area contributed by atoms with E-state index in [-0.39, 0.29) is 6.10 Å². The van der Waals surface area contributed by atoms with Gasteiger partial charge in [-0.25, -0.2) is 0 Å². The Hall–Kier alpha value is -1.59. The molecule has 1 heterocycles. The fourth-order valence-electron chi connectivity index (χ4n) is 2.60. The van der Waals surface area contributed by atoms with Crippen LogP contribution in [-0.4, -0.2) is 33.6 Å². The van der Waals surface area contributed by atoms with Gasteiger partial charge in [0.15, 0.2) is 0 Å². The number of hydrogen-bond donors (Lipinski definition) is 2. The van der Waals surface area contributed by atoms with Crippen LogP contribution in [0.5, 0.6) is 6.01 Å². The van der Waals surface area contributed by atoms with Crippen LogP contribution in [0.3, 0.4) is 0 Å². The largest absolute Gasteiger partial charge is 0.461 e. The minimum absolute atomic E-state index is 0.0531. The summed E-state index contributed by atoms with van der Waals surface area (Å²) in [5.74, 6) is 2.81. The average Bonchev–Trinajstić information content (AvgIpc) is 3.27. The molecule has 0 radical (unpaired) electrons. The van der Waals surface area contributed by atoms with Gasteiger partial charge in [-0.15, -0.1) is 0 Å². The van der Waals surface area contributed by atoms with Crippen molar-refractivity contribution in [1.29, 1.82) is 0 Å². The minimum atomic E-state index is 0.0531. The Labute approximate surface area is 126 Å². The lowest BCUT2D eigenvalue weighted by Gasteiger charge is -2.18. The summed E-state index contributed by atoms with van der Waals surface area (Å²) in [6.45, 7) is 6.75. The predicted molar refractivity (Wildman–Crippen MR) is 82.6 cm³/mol. The van der Waals surface area contributed by atoms with Crippen LogP contribution in [0.1, 0.15) is 46.5 Å². The fraction of sp³-hybridized carbons (Fsp3) is 0.800. The second kappa shape index (κ2) is 6.03. The molecule has 116 valence electrons. The van der Waals surface area contributed by atoms with Crippen molar-refractivity contribution in [3.05, 3.63) is 0 Å². The van der Waals surface area contributed by atoms with Crippen molar-refractivity contribution in [1.82, 2.24) is 15.0 Å². The Balaban J connectivity index is 1.76. The standard InChI is InChI=1S/C15H25N5O/c1-4-16-13-18-14(20-15(19-13)21-9(2)3)17-12(10-5-6-10)11-7-8-11/h9-12H,4-8H2,1-3H3,(H2,16,17,18,19,20). The normalized spacial score (nSPS) is 18.1. The molecule has 2 saturated carbocycles. The molecule has 2 aliphatic rings. The Morgan fingerprint density at radius 3 is 2.19 bits per heavy atom. The van der Waals surface area contributed by atoms with Crippen LogP contribution < -0.4 is 15.4 Å². The molecule has 0 amide bonds. The SMILES string of the molecule is CCNc1nc(NC(C2CC2)C2CC2)nc(OC(C)C)n1. The van der Waals surface area contributed by atoms with E-state index in [1.807, 2.05) is 20.8 Å². The number of nitrogens with one attached hydrogen (secondary N) is 2. The van der Waals surface area contributed by atoms with Gasteiger partial charge < -0.3 is 15.4 Å². The summed E-state index contributed by atoms with van der Waals surface area (Å²) in [6.07, 6.45) is 5.37. The maximum Gasteiger partial charge on any atom is 0.323 e. The molecule has 0 bridgehead atoms. The number of nitrogens with zero attached hydrogens (tertiary/aromatic N) is 3. The van der Waals surface area contributed by atoms with Crippen LogP contribution in [0.15, 0.2) is 0 Å². The third-order valence-electron chi connectivity index (χ3n) is 3.85. The zero-order valence-corrected chi connectivity index (χ0v) is 13.1. The van der Waals surface area contributed by atoms with Gasteiger partial charge in [-0.2, -0.15) is 15.0 Å². The van der Waals surface area contributed by atoms with Crippen LogP contribution in [0.25, 0.3) is 0 Å². The second-order valence-electron chi connectivity index (χ2n) is 6.31. The molecular weight excluding hydrogens is 266 g/mol. The van der Waals surface area contributed by atoms with Gasteiger partial charge in [-0.1, -0.05) is 0 Å². The smallest absolute Gasteiger partial charge is 0.323 e. The van der Waals surface area contributed by atoms with Crippen molar-refractivity contribution in [2.24, 2.45) is 11.8 Å². The molecule has 2 N–H and O–H groups in total. The molecule has 21 heavy (non-hydrogen) atoms. The van der Waals surface area contributed by atoms with Crippen LogP contribution in [0.4, 0.5) is 11.9 Å². The summed E-state index contributed by atoms with van der Waals surface area (Å²) >= 11 is 0. The van der Waals surface area contributed by atoms with E-state index >= 15 is 0 Å². The molecule has 0 aliphatic heterocycles. The van der Waals surface area contributed by atoms with Crippen LogP contribution >= 0.6 is 0 Å². The molecule has 0 spiro atoms. The molecule has 6 nitrogen and oxygen atoms in total. The summed E-state index contributed by atoms with van der Waals surface area (Å²) in [5.41, 5.74) is 0. The first-order valence-corrected chi connectivity index (χ1v) is 8.09. The van der Waals surface area contributed by atoms with Gasteiger partial charge in [0.1, 0.15) is 0 Å². The second-order valence-corrected chi connectivity index (χ2v) is 6.31. The van der Waals surface area contributed by atoms with Gasteiger partial charge in [0, 0.05) is 12.6 Å². The van der Waals surface area contributed by atoms with Crippen molar-refractivity contribution >= 4 is 11.9 Å². The lowest BCUT2D eigenvalue weighted by molar-refractivity contribution is 0.222. The molecule has 0 atom stereocenters. The van der Waals surface area contributed by atoms with Crippen molar-refractivity contribution < 1.29 is 4.74 Å². The maximum atomic E-state index is 5.63. The average molecular weight is 291 g/mol. The van der Waals surface area contributed by atoms with Gasteiger partial charge in [-0.3, -0.25) is 0 Å². The Morgan fingerprint density at radius 1 is 1.05 bits per heavy atom. The quantitative estimate of drug-likeness (QED) is 0.767. The van der Waals surface area contributed by atoms with E-state index in [4.69, 9.17) is 4.74 Å². The van der Waals surface area contributed by atoms with Crippen LogP contribution in [0, 0.1) is 11.8 Å². The highest BCUT2D eigenvalue weighted by Gasteiger charge is 2.41. The van der Waals surface area contributed by atoms with E-state index in [1.165, 1.54) is 25.7 Å². The van der Waals surface area contributed by atoms with Crippen molar-refractivity contribution in [3.8, 4) is 6.01 Å². The lowest BCUT2D eigenvalue weighted by Crippen LogP contribution is -2.26. The zero-order valence-electron chi connectivity index (χ0n) is 13.1. The minimum Gasteiger partial charge on any atom is -0.461 e.